The second-order valence-electron chi connectivity index (χ2n) is 4.24. The van der Waals surface area contributed by atoms with E-state index in [-0.39, 0.29) is 11.3 Å². The summed E-state index contributed by atoms with van der Waals surface area (Å²) in [5, 5.41) is 8.89. The molecule has 2 aromatic carbocycles. The molecule has 21 heavy (non-hydrogen) atoms. The summed E-state index contributed by atoms with van der Waals surface area (Å²) in [6.45, 7) is 1.41. The van der Waals surface area contributed by atoms with Crippen LogP contribution in [-0.2, 0) is 10.0 Å². The van der Waals surface area contributed by atoms with Crippen LogP contribution in [0.5, 0.6) is 0 Å². The first kappa shape index (κ1) is 14.9. The molecule has 0 aliphatic heterocycles. The summed E-state index contributed by atoms with van der Waals surface area (Å²) in [5.41, 5.74) is -0.446. The van der Waals surface area contributed by atoms with Crippen LogP contribution >= 0.6 is 0 Å². The van der Waals surface area contributed by atoms with E-state index in [0.29, 0.717) is 0 Å². The fourth-order valence-electron chi connectivity index (χ4n) is 1.75. The average molecular weight is 308 g/mol. The number of hydrogen-bond donors (Lipinski definition) is 1. The zero-order valence-corrected chi connectivity index (χ0v) is 11.7. The summed E-state index contributed by atoms with van der Waals surface area (Å²) in [7, 11) is -4.20. The molecule has 0 amide bonds. The van der Waals surface area contributed by atoms with Crippen molar-refractivity contribution in [2.24, 2.45) is 0 Å². The van der Waals surface area contributed by atoms with Crippen molar-refractivity contribution in [1.82, 2.24) is 0 Å². The monoisotopic (exact) mass is 308 g/mol. The zero-order valence-electron chi connectivity index (χ0n) is 10.9. The molecule has 0 atom stereocenters. The van der Waals surface area contributed by atoms with Gasteiger partial charge in [0, 0.05) is 5.56 Å². The van der Waals surface area contributed by atoms with E-state index in [4.69, 9.17) is 5.26 Å². The van der Waals surface area contributed by atoms with Gasteiger partial charge in [-0.1, -0.05) is 12.1 Å². The van der Waals surface area contributed by atoms with Crippen LogP contribution in [0.15, 0.2) is 41.3 Å². The van der Waals surface area contributed by atoms with E-state index in [9.17, 15) is 17.2 Å². The largest absolute Gasteiger partial charge is 0.279 e. The molecule has 4 nitrogen and oxygen atoms in total. The van der Waals surface area contributed by atoms with Crippen LogP contribution in [0.3, 0.4) is 0 Å². The molecule has 0 heterocycles. The number of hydrogen-bond acceptors (Lipinski definition) is 3. The van der Waals surface area contributed by atoms with Gasteiger partial charge in [-0.3, -0.25) is 4.72 Å². The Morgan fingerprint density at radius 2 is 1.71 bits per heavy atom. The minimum atomic E-state index is -4.20. The lowest BCUT2D eigenvalue weighted by Crippen LogP contribution is -2.16. The number of nitrogens with zero attached hydrogens (tertiary/aromatic N) is 1. The molecule has 1 N–H and O–H groups in total. The molecule has 0 unspecified atom stereocenters. The van der Waals surface area contributed by atoms with E-state index in [2.05, 4.69) is 4.72 Å². The quantitative estimate of drug-likeness (QED) is 0.947. The lowest BCUT2D eigenvalue weighted by Gasteiger charge is -2.12. The summed E-state index contributed by atoms with van der Waals surface area (Å²) >= 11 is 0. The van der Waals surface area contributed by atoms with Crippen LogP contribution < -0.4 is 4.72 Å². The summed E-state index contributed by atoms with van der Waals surface area (Å²) in [6, 6.07) is 8.71. The molecule has 0 radical (unpaired) electrons. The Morgan fingerprint density at radius 3 is 2.38 bits per heavy atom. The highest BCUT2D eigenvalue weighted by atomic mass is 32.2. The molecule has 0 spiro atoms. The molecule has 7 heteroatoms. The highest BCUT2D eigenvalue weighted by Gasteiger charge is 2.22. The molecule has 0 aliphatic carbocycles. The number of nitrogens with one attached hydrogen (secondary N) is 1. The van der Waals surface area contributed by atoms with Crippen molar-refractivity contribution in [3.63, 3.8) is 0 Å². The van der Waals surface area contributed by atoms with Gasteiger partial charge in [-0.2, -0.15) is 5.26 Å². The summed E-state index contributed by atoms with van der Waals surface area (Å²) < 4.78 is 53.6. The maximum absolute atomic E-state index is 13.5. The number of benzene rings is 2. The standard InChI is InChI=1S/C14H10F2N2O2S/c1-9-11(15)4-2-6-13(9)18-21(19,20)14-7-3-5-12(16)10(14)8-17/h2-7,18H,1H3. The van der Waals surface area contributed by atoms with Gasteiger partial charge in [-0.15, -0.1) is 0 Å². The van der Waals surface area contributed by atoms with E-state index in [1.54, 1.807) is 0 Å². The first-order chi connectivity index (χ1) is 9.86. The highest BCUT2D eigenvalue weighted by molar-refractivity contribution is 7.92. The fraction of sp³-hybridized carbons (Fsp3) is 0.0714. The molecule has 0 bridgehead atoms. The second-order valence-corrected chi connectivity index (χ2v) is 5.89. The Bertz CT molecular complexity index is 843. The Morgan fingerprint density at radius 1 is 1.10 bits per heavy atom. The van der Waals surface area contributed by atoms with Crippen molar-refractivity contribution in [3.8, 4) is 6.07 Å². The molecule has 0 saturated carbocycles. The third-order valence-corrected chi connectivity index (χ3v) is 4.30. The number of sulfonamides is 1. The van der Waals surface area contributed by atoms with Crippen molar-refractivity contribution in [2.45, 2.75) is 11.8 Å². The lowest BCUT2D eigenvalue weighted by atomic mass is 10.2. The SMILES string of the molecule is Cc1c(F)cccc1NS(=O)(=O)c1cccc(F)c1C#N. The van der Waals surface area contributed by atoms with E-state index >= 15 is 0 Å². The van der Waals surface area contributed by atoms with Gasteiger partial charge in [0.1, 0.15) is 28.2 Å². The van der Waals surface area contributed by atoms with Gasteiger partial charge in [-0.05, 0) is 31.2 Å². The van der Waals surface area contributed by atoms with Crippen LogP contribution in [0, 0.1) is 29.9 Å². The van der Waals surface area contributed by atoms with E-state index in [1.807, 2.05) is 0 Å². The summed E-state index contributed by atoms with van der Waals surface area (Å²) in [4.78, 5) is -0.492. The minimum absolute atomic E-state index is 0.0307. The van der Waals surface area contributed by atoms with Crippen LogP contribution in [-0.4, -0.2) is 8.42 Å². The van der Waals surface area contributed by atoms with Gasteiger partial charge in [-0.25, -0.2) is 17.2 Å². The number of halogens is 2. The third-order valence-electron chi connectivity index (χ3n) is 2.89. The van der Waals surface area contributed by atoms with Crippen LogP contribution in [0.25, 0.3) is 0 Å². The predicted molar refractivity (Wildman–Crippen MR) is 73.1 cm³/mol. The lowest BCUT2D eigenvalue weighted by molar-refractivity contribution is 0.593. The van der Waals surface area contributed by atoms with Gasteiger partial charge in [0.05, 0.1) is 5.69 Å². The number of nitriles is 1. The number of anilines is 1. The predicted octanol–water partition coefficient (Wildman–Crippen LogP) is 2.95. The molecular weight excluding hydrogens is 298 g/mol. The second kappa shape index (κ2) is 5.50. The maximum Gasteiger partial charge on any atom is 0.263 e. The Kier molecular flexibility index (Phi) is 3.91. The molecule has 0 aromatic heterocycles. The molecule has 2 aromatic rings. The van der Waals surface area contributed by atoms with Gasteiger partial charge in [0.25, 0.3) is 10.0 Å². The molecule has 2 rings (SSSR count). The van der Waals surface area contributed by atoms with E-state index in [1.165, 1.54) is 37.3 Å². The van der Waals surface area contributed by atoms with Crippen LogP contribution in [0.1, 0.15) is 11.1 Å². The normalized spacial score (nSPS) is 11.0. The Labute approximate surface area is 120 Å². The summed E-state index contributed by atoms with van der Waals surface area (Å²) in [5.74, 6) is -1.51. The third kappa shape index (κ3) is 2.85. The topological polar surface area (TPSA) is 70.0 Å². The van der Waals surface area contributed by atoms with Gasteiger partial charge in [0.15, 0.2) is 0 Å². The average Bonchev–Trinajstić information content (AvgIpc) is 2.43. The van der Waals surface area contributed by atoms with Gasteiger partial charge in [0.2, 0.25) is 0 Å². The Balaban J connectivity index is 2.52. The molecular formula is C14H10F2N2O2S. The van der Waals surface area contributed by atoms with Crippen LogP contribution in [0.4, 0.5) is 14.5 Å². The van der Waals surface area contributed by atoms with Crippen molar-refractivity contribution in [2.75, 3.05) is 4.72 Å². The smallest absolute Gasteiger partial charge is 0.263 e. The van der Waals surface area contributed by atoms with Gasteiger partial charge < -0.3 is 0 Å². The summed E-state index contributed by atoms with van der Waals surface area (Å²) in [6.07, 6.45) is 0. The van der Waals surface area contributed by atoms with E-state index < -0.39 is 32.1 Å². The van der Waals surface area contributed by atoms with Crippen molar-refractivity contribution in [1.29, 1.82) is 5.26 Å². The number of rotatable bonds is 3. The zero-order chi connectivity index (χ0) is 15.6. The maximum atomic E-state index is 13.5. The first-order valence-corrected chi connectivity index (χ1v) is 7.31. The Hall–Kier alpha value is -2.46. The minimum Gasteiger partial charge on any atom is -0.279 e. The van der Waals surface area contributed by atoms with Gasteiger partial charge >= 0.3 is 0 Å². The van der Waals surface area contributed by atoms with Crippen molar-refractivity contribution < 1.29 is 17.2 Å². The van der Waals surface area contributed by atoms with Crippen molar-refractivity contribution in [3.05, 3.63) is 59.2 Å². The van der Waals surface area contributed by atoms with E-state index in [0.717, 1.165) is 12.1 Å². The van der Waals surface area contributed by atoms with Crippen molar-refractivity contribution >= 4 is 15.7 Å². The van der Waals surface area contributed by atoms with Crippen LogP contribution in [0.2, 0.25) is 0 Å². The molecule has 0 aliphatic rings. The molecule has 0 fully saturated rings. The fourth-order valence-corrected chi connectivity index (χ4v) is 3.04. The highest BCUT2D eigenvalue weighted by Crippen LogP contribution is 2.24. The molecule has 108 valence electrons. The molecule has 0 saturated heterocycles. The first-order valence-electron chi connectivity index (χ1n) is 5.83.